The van der Waals surface area contributed by atoms with E-state index in [0.29, 0.717) is 0 Å². The van der Waals surface area contributed by atoms with E-state index in [1.807, 2.05) is 11.9 Å². The first kappa shape index (κ1) is 18.5. The molecule has 0 unspecified atom stereocenters. The van der Waals surface area contributed by atoms with Crippen LogP contribution in [0.25, 0.3) is 0 Å². The van der Waals surface area contributed by atoms with E-state index in [9.17, 15) is 19.5 Å². The van der Waals surface area contributed by atoms with Gasteiger partial charge in [0.1, 0.15) is 6.04 Å². The van der Waals surface area contributed by atoms with Crippen LogP contribution < -0.4 is 10.6 Å². The summed E-state index contributed by atoms with van der Waals surface area (Å²) < 4.78 is 0. The molecule has 0 spiro atoms. The maximum Gasteiger partial charge on any atom is 0.323 e. The summed E-state index contributed by atoms with van der Waals surface area (Å²) in [4.78, 5) is 36.9. The molecule has 0 bridgehead atoms. The number of carboxylic acid groups (broad SMARTS) is 1. The zero-order valence-electron chi connectivity index (χ0n) is 13.2. The van der Waals surface area contributed by atoms with Crippen LogP contribution in [0.4, 0.5) is 0 Å². The predicted molar refractivity (Wildman–Crippen MR) is 79.4 cm³/mol. The van der Waals surface area contributed by atoms with Crippen LogP contribution in [-0.2, 0) is 14.4 Å². The normalized spacial score (nSPS) is 22.8. The van der Waals surface area contributed by atoms with Crippen molar-refractivity contribution in [2.24, 2.45) is 0 Å². The van der Waals surface area contributed by atoms with Crippen LogP contribution in [0.3, 0.4) is 0 Å². The first-order valence-corrected chi connectivity index (χ1v) is 7.41. The molecule has 4 N–H and O–H groups in total. The summed E-state index contributed by atoms with van der Waals surface area (Å²) in [5.41, 5.74) is 0. The van der Waals surface area contributed by atoms with Crippen LogP contribution in [0.2, 0.25) is 0 Å². The van der Waals surface area contributed by atoms with Crippen molar-refractivity contribution in [2.75, 3.05) is 20.1 Å². The minimum Gasteiger partial charge on any atom is -0.480 e. The van der Waals surface area contributed by atoms with Crippen LogP contribution in [0.1, 0.15) is 26.7 Å². The van der Waals surface area contributed by atoms with E-state index in [1.54, 1.807) is 6.92 Å². The second-order valence-electron chi connectivity index (χ2n) is 5.77. The number of aliphatic carboxylic acids is 1. The van der Waals surface area contributed by atoms with Crippen molar-refractivity contribution < 1.29 is 24.6 Å². The Kier molecular flexibility index (Phi) is 6.92. The Labute approximate surface area is 129 Å². The highest BCUT2D eigenvalue weighted by Crippen LogP contribution is 2.14. The Morgan fingerprint density at radius 1 is 1.32 bits per heavy atom. The number of ketones is 1. The van der Waals surface area contributed by atoms with Crippen molar-refractivity contribution in [3.63, 3.8) is 0 Å². The molecule has 8 heteroatoms. The number of nitrogens with zero attached hydrogens (tertiary/aromatic N) is 1. The van der Waals surface area contributed by atoms with Gasteiger partial charge in [-0.2, -0.15) is 0 Å². The summed E-state index contributed by atoms with van der Waals surface area (Å²) in [5.74, 6) is -1.75. The van der Waals surface area contributed by atoms with E-state index in [2.05, 4.69) is 10.6 Å². The highest BCUT2D eigenvalue weighted by molar-refractivity contribution is 5.92. The maximum atomic E-state index is 12.1. The van der Waals surface area contributed by atoms with E-state index in [4.69, 9.17) is 5.11 Å². The topological polar surface area (TPSA) is 119 Å². The molecule has 0 aliphatic carbocycles. The van der Waals surface area contributed by atoms with E-state index >= 15 is 0 Å². The molecule has 0 aromatic carbocycles. The van der Waals surface area contributed by atoms with Gasteiger partial charge in [-0.15, -0.1) is 0 Å². The number of likely N-dealkylation sites (N-methyl/N-ethyl adjacent to an activating group) is 1. The lowest BCUT2D eigenvalue weighted by molar-refractivity contribution is -0.142. The number of hydrogen-bond acceptors (Lipinski definition) is 6. The van der Waals surface area contributed by atoms with Gasteiger partial charge in [0.15, 0.2) is 5.78 Å². The largest absolute Gasteiger partial charge is 0.480 e. The lowest BCUT2D eigenvalue weighted by Gasteiger charge is -2.22. The minimum atomic E-state index is -1.23. The molecule has 0 aromatic rings. The standard InChI is InChI=1S/C14H25N3O5/c1-8(16-13(20)10-5-4-6-17(10)3)11(19)7-15-12(9(2)18)14(21)22/h8-10,12,15,18H,4-7H2,1-3H3,(H,16,20)(H,21,22)/t8-,9+,10-,12-/m0/s1. The molecule has 1 aliphatic heterocycles. The molecule has 1 rings (SSSR count). The van der Waals surface area contributed by atoms with Crippen LogP contribution in [0.5, 0.6) is 0 Å². The fourth-order valence-electron chi connectivity index (χ4n) is 2.46. The molecule has 1 aliphatic rings. The van der Waals surface area contributed by atoms with Gasteiger partial charge in [-0.1, -0.05) is 0 Å². The predicted octanol–water partition coefficient (Wildman–Crippen LogP) is -1.42. The second-order valence-corrected chi connectivity index (χ2v) is 5.77. The van der Waals surface area contributed by atoms with Crippen LogP contribution in [0, 0.1) is 0 Å². The molecule has 0 radical (unpaired) electrons. The zero-order chi connectivity index (χ0) is 16.9. The Bertz CT molecular complexity index is 427. The summed E-state index contributed by atoms with van der Waals surface area (Å²) in [7, 11) is 1.87. The van der Waals surface area contributed by atoms with Crippen LogP contribution in [0.15, 0.2) is 0 Å². The average molecular weight is 315 g/mol. The van der Waals surface area contributed by atoms with Gasteiger partial charge >= 0.3 is 5.97 Å². The van der Waals surface area contributed by atoms with Crippen molar-refractivity contribution in [2.45, 2.75) is 50.9 Å². The SMILES string of the molecule is C[C@H](NC(=O)[C@@H]1CCCN1C)C(=O)CN[C@H](C(=O)O)[C@@H](C)O. The number of likely N-dealkylation sites (tertiary alicyclic amines) is 1. The molecule has 22 heavy (non-hydrogen) atoms. The van der Waals surface area contributed by atoms with E-state index < -0.39 is 24.2 Å². The third kappa shape index (κ3) is 5.04. The third-order valence-electron chi connectivity index (χ3n) is 3.91. The summed E-state index contributed by atoms with van der Waals surface area (Å²) in [6.45, 7) is 3.52. The quantitative estimate of drug-likeness (QED) is 0.434. The monoisotopic (exact) mass is 315 g/mol. The Hall–Kier alpha value is -1.51. The molecule has 1 amide bonds. The zero-order valence-corrected chi connectivity index (χ0v) is 13.2. The van der Waals surface area contributed by atoms with Gasteiger partial charge in [-0.05, 0) is 40.3 Å². The molecule has 4 atom stereocenters. The maximum absolute atomic E-state index is 12.1. The highest BCUT2D eigenvalue weighted by atomic mass is 16.4. The van der Waals surface area contributed by atoms with Gasteiger partial charge in [0.2, 0.25) is 5.91 Å². The van der Waals surface area contributed by atoms with Gasteiger partial charge in [-0.3, -0.25) is 24.6 Å². The number of Topliss-reactive ketones (excluding diaryl/α,β-unsaturated/α-hetero) is 1. The summed E-state index contributed by atoms with van der Waals surface area (Å²) in [6.07, 6.45) is 0.597. The van der Waals surface area contributed by atoms with Crippen molar-refractivity contribution in [3.05, 3.63) is 0 Å². The lowest BCUT2D eigenvalue weighted by Crippen LogP contribution is -2.52. The molecule has 126 valence electrons. The first-order chi connectivity index (χ1) is 10.2. The number of hydrogen-bond donors (Lipinski definition) is 4. The van der Waals surface area contributed by atoms with Crippen LogP contribution >= 0.6 is 0 Å². The molecule has 0 saturated carbocycles. The second kappa shape index (κ2) is 8.21. The van der Waals surface area contributed by atoms with Crippen LogP contribution in [-0.4, -0.2) is 77.1 Å². The molecule has 1 heterocycles. The van der Waals surface area contributed by atoms with Gasteiger partial charge in [0.25, 0.3) is 0 Å². The van der Waals surface area contributed by atoms with Gasteiger partial charge in [-0.25, -0.2) is 0 Å². The molecule has 1 fully saturated rings. The van der Waals surface area contributed by atoms with Gasteiger partial charge < -0.3 is 15.5 Å². The number of rotatable bonds is 8. The number of amides is 1. The van der Waals surface area contributed by atoms with E-state index in [0.717, 1.165) is 19.4 Å². The first-order valence-electron chi connectivity index (χ1n) is 7.41. The number of carbonyl (C=O) groups excluding carboxylic acids is 2. The van der Waals surface area contributed by atoms with Crippen molar-refractivity contribution in [1.82, 2.24) is 15.5 Å². The molecule has 1 saturated heterocycles. The minimum absolute atomic E-state index is 0.189. The fourth-order valence-corrected chi connectivity index (χ4v) is 2.46. The Balaban J connectivity index is 2.44. The van der Waals surface area contributed by atoms with Crippen molar-refractivity contribution in [1.29, 1.82) is 0 Å². The van der Waals surface area contributed by atoms with E-state index in [-0.39, 0.29) is 24.3 Å². The number of carboxylic acids is 1. The Morgan fingerprint density at radius 3 is 2.41 bits per heavy atom. The smallest absolute Gasteiger partial charge is 0.323 e. The fraction of sp³-hybridized carbons (Fsp3) is 0.786. The van der Waals surface area contributed by atoms with Gasteiger partial charge in [0, 0.05) is 0 Å². The molecule has 8 nitrogen and oxygen atoms in total. The number of nitrogens with one attached hydrogen (secondary N) is 2. The third-order valence-corrected chi connectivity index (χ3v) is 3.91. The lowest BCUT2D eigenvalue weighted by atomic mass is 10.1. The number of aliphatic hydroxyl groups excluding tert-OH is 1. The van der Waals surface area contributed by atoms with Crippen molar-refractivity contribution >= 4 is 17.7 Å². The Morgan fingerprint density at radius 2 is 1.95 bits per heavy atom. The number of aliphatic hydroxyl groups is 1. The highest BCUT2D eigenvalue weighted by Gasteiger charge is 2.30. The molecular weight excluding hydrogens is 290 g/mol. The van der Waals surface area contributed by atoms with E-state index in [1.165, 1.54) is 6.92 Å². The summed E-state index contributed by atoms with van der Waals surface area (Å²) in [6, 6.07) is -2.14. The van der Waals surface area contributed by atoms with Crippen molar-refractivity contribution in [3.8, 4) is 0 Å². The van der Waals surface area contributed by atoms with Gasteiger partial charge in [0.05, 0.1) is 24.7 Å². The summed E-state index contributed by atoms with van der Waals surface area (Å²) >= 11 is 0. The average Bonchev–Trinajstić information content (AvgIpc) is 2.84. The molecular formula is C14H25N3O5. The number of carbonyl (C=O) groups is 3. The molecule has 0 aromatic heterocycles. The summed E-state index contributed by atoms with van der Waals surface area (Å²) in [5, 5.41) is 23.4.